The third-order valence-electron chi connectivity index (χ3n) is 9.72. The summed E-state index contributed by atoms with van der Waals surface area (Å²) in [6.45, 7) is 11.0. The number of carbonyl (C=O) groups is 6. The van der Waals surface area contributed by atoms with Crippen molar-refractivity contribution < 1.29 is 38.6 Å². The molecule has 0 aliphatic carbocycles. The molecule has 282 valence electrons. The molecule has 2 unspecified atom stereocenters. The van der Waals surface area contributed by atoms with Gasteiger partial charge in [0, 0.05) is 19.5 Å². The summed E-state index contributed by atoms with van der Waals surface area (Å²) < 4.78 is 5.90. The molecule has 1 fully saturated rings. The molecule has 2 aliphatic heterocycles. The molecular formula is C39H53N5O8. The van der Waals surface area contributed by atoms with Crippen LogP contribution >= 0.6 is 0 Å². The van der Waals surface area contributed by atoms with Gasteiger partial charge in [0.1, 0.15) is 24.3 Å². The number of nitrogens with one attached hydrogen (secondary N) is 3. The molecule has 1 saturated heterocycles. The van der Waals surface area contributed by atoms with Crippen molar-refractivity contribution in [2.45, 2.75) is 110 Å². The van der Waals surface area contributed by atoms with E-state index < -0.39 is 83.7 Å². The lowest BCUT2D eigenvalue weighted by Gasteiger charge is -2.31. The van der Waals surface area contributed by atoms with E-state index in [-0.39, 0.29) is 19.4 Å². The largest absolute Gasteiger partial charge is 0.444 e. The van der Waals surface area contributed by atoms with Crippen molar-refractivity contribution in [3.8, 4) is 0 Å². The van der Waals surface area contributed by atoms with Gasteiger partial charge in [-0.3, -0.25) is 24.0 Å². The lowest BCUT2D eigenvalue weighted by atomic mass is 10.00. The number of aliphatic hydroxyl groups is 1. The van der Waals surface area contributed by atoms with Gasteiger partial charge in [-0.15, -0.1) is 0 Å². The van der Waals surface area contributed by atoms with Gasteiger partial charge in [0.05, 0.1) is 18.6 Å². The zero-order valence-electron chi connectivity index (χ0n) is 31.0. The summed E-state index contributed by atoms with van der Waals surface area (Å²) in [4.78, 5) is 83.8. The van der Waals surface area contributed by atoms with Crippen LogP contribution in [0.4, 0.5) is 4.79 Å². The van der Waals surface area contributed by atoms with Crippen LogP contribution in [0.1, 0.15) is 83.5 Å². The number of hydrogen-bond donors (Lipinski definition) is 4. The molecule has 0 saturated carbocycles. The van der Waals surface area contributed by atoms with Gasteiger partial charge in [0.15, 0.2) is 0 Å². The molecule has 0 radical (unpaired) electrons. The van der Waals surface area contributed by atoms with E-state index >= 15 is 0 Å². The first-order valence-corrected chi connectivity index (χ1v) is 18.2. The molecule has 2 heterocycles. The minimum atomic E-state index is -1.35. The number of aliphatic hydroxyl groups excluding tert-OH is 1. The minimum Gasteiger partial charge on any atom is -0.444 e. The lowest BCUT2D eigenvalue weighted by molar-refractivity contribution is -0.145. The summed E-state index contributed by atoms with van der Waals surface area (Å²) in [6.07, 6.45) is -1.56. The summed E-state index contributed by atoms with van der Waals surface area (Å²) in [7, 11) is 0. The van der Waals surface area contributed by atoms with E-state index in [1.54, 1.807) is 39.5 Å². The smallest absolute Gasteiger partial charge is 0.410 e. The second-order valence-electron chi connectivity index (χ2n) is 14.4. The van der Waals surface area contributed by atoms with Crippen LogP contribution < -0.4 is 16.0 Å². The van der Waals surface area contributed by atoms with Crippen LogP contribution in [0.3, 0.4) is 0 Å². The van der Waals surface area contributed by atoms with E-state index in [9.17, 15) is 33.9 Å². The fourth-order valence-corrected chi connectivity index (χ4v) is 6.55. The van der Waals surface area contributed by atoms with Crippen molar-refractivity contribution >= 4 is 35.5 Å². The minimum absolute atomic E-state index is 0.0641. The molecule has 6 atom stereocenters. The molecular weight excluding hydrogens is 666 g/mol. The van der Waals surface area contributed by atoms with Gasteiger partial charge >= 0.3 is 6.09 Å². The fourth-order valence-electron chi connectivity index (χ4n) is 6.55. The number of ether oxygens (including phenoxy) is 1. The van der Waals surface area contributed by atoms with Crippen molar-refractivity contribution in [2.24, 2.45) is 11.8 Å². The Bertz CT molecular complexity index is 1600. The molecule has 0 aromatic heterocycles. The maximum Gasteiger partial charge on any atom is 0.410 e. The number of nitrogens with zero attached hydrogens (tertiary/aromatic N) is 2. The van der Waals surface area contributed by atoms with Gasteiger partial charge in [-0.2, -0.15) is 0 Å². The Morgan fingerprint density at radius 2 is 1.52 bits per heavy atom. The molecule has 4 rings (SSSR count). The lowest BCUT2D eigenvalue weighted by Crippen LogP contribution is -2.58. The number of likely N-dealkylation sites (tertiary alicyclic amines) is 1. The van der Waals surface area contributed by atoms with E-state index in [1.165, 1.54) is 4.90 Å². The molecule has 2 aromatic carbocycles. The number of ketones is 1. The van der Waals surface area contributed by atoms with Crippen LogP contribution in [0.5, 0.6) is 0 Å². The van der Waals surface area contributed by atoms with E-state index in [0.717, 1.165) is 16.7 Å². The second kappa shape index (κ2) is 18.1. The van der Waals surface area contributed by atoms with Crippen LogP contribution in [0.2, 0.25) is 0 Å². The third-order valence-corrected chi connectivity index (χ3v) is 9.72. The molecule has 0 bridgehead atoms. The maximum absolute atomic E-state index is 14.2. The van der Waals surface area contributed by atoms with Crippen molar-refractivity contribution in [1.82, 2.24) is 25.8 Å². The average molecular weight is 720 g/mol. The topological polar surface area (TPSA) is 174 Å². The monoisotopic (exact) mass is 719 g/mol. The van der Waals surface area contributed by atoms with Crippen molar-refractivity contribution in [3.05, 3.63) is 71.3 Å². The average Bonchev–Trinajstić information content (AvgIpc) is 3.56. The Balaban J connectivity index is 1.53. The summed E-state index contributed by atoms with van der Waals surface area (Å²) in [6, 6.07) is 13.1. The standard InChI is InChI=1S/C39H53N5O8/c1-7-13-30(34(46)37(49)40-25(6)26-14-9-8-10-15-26)41-35(47)31-20-29(52-39(51)43-19-18-27-16-11-12-17-28(27)21-43)22-44(31)38(50)32(23(2)3)42-36(48)33(45)24(4)5/h8-12,14-17,23-25,29-33,45H,7,13,18-22H2,1-6H3,(H,40,49)(H,41,47)(H,42,48)/t25-,29-,30?,31?,32-,33+/m0/s1. The van der Waals surface area contributed by atoms with Crippen LogP contribution in [-0.4, -0.2) is 93.8 Å². The van der Waals surface area contributed by atoms with Crippen molar-refractivity contribution in [2.75, 3.05) is 13.1 Å². The summed E-state index contributed by atoms with van der Waals surface area (Å²) in [5.41, 5.74) is 2.98. The number of carbonyl (C=O) groups excluding carboxylic acids is 6. The quantitative estimate of drug-likeness (QED) is 0.216. The number of hydrogen-bond acceptors (Lipinski definition) is 8. The number of fused-ring (bicyclic) bond motifs is 1. The van der Waals surface area contributed by atoms with Crippen LogP contribution in [0.15, 0.2) is 54.6 Å². The molecule has 13 nitrogen and oxygen atoms in total. The highest BCUT2D eigenvalue weighted by atomic mass is 16.6. The molecule has 4 N–H and O–H groups in total. The van der Waals surface area contributed by atoms with Crippen molar-refractivity contribution in [1.29, 1.82) is 0 Å². The highest BCUT2D eigenvalue weighted by Crippen LogP contribution is 2.26. The molecule has 5 amide bonds. The van der Waals surface area contributed by atoms with Gasteiger partial charge in [0.25, 0.3) is 5.91 Å². The van der Waals surface area contributed by atoms with E-state index in [0.29, 0.717) is 25.9 Å². The summed E-state index contributed by atoms with van der Waals surface area (Å²) in [5, 5.41) is 18.4. The van der Waals surface area contributed by atoms with Gasteiger partial charge in [-0.1, -0.05) is 95.6 Å². The molecule has 52 heavy (non-hydrogen) atoms. The Kier molecular flexibility index (Phi) is 13.9. The zero-order valence-corrected chi connectivity index (χ0v) is 31.0. The Morgan fingerprint density at radius 1 is 0.865 bits per heavy atom. The van der Waals surface area contributed by atoms with Crippen molar-refractivity contribution in [3.63, 3.8) is 0 Å². The number of benzene rings is 2. The summed E-state index contributed by atoms with van der Waals surface area (Å²) >= 11 is 0. The van der Waals surface area contributed by atoms with Crippen LogP contribution in [0.25, 0.3) is 0 Å². The van der Waals surface area contributed by atoms with Gasteiger partial charge < -0.3 is 35.6 Å². The number of rotatable bonds is 14. The molecule has 2 aromatic rings. The first kappa shape index (κ1) is 40.0. The van der Waals surface area contributed by atoms with E-state index in [1.807, 2.05) is 61.5 Å². The molecule has 2 aliphatic rings. The number of amides is 5. The Hall–Kier alpha value is -4.78. The van der Waals surface area contributed by atoms with E-state index in [2.05, 4.69) is 16.0 Å². The van der Waals surface area contributed by atoms with E-state index in [4.69, 9.17) is 4.74 Å². The number of Topliss-reactive ketones (excluding diaryl/α,β-unsaturated/α-hetero) is 1. The molecule has 13 heteroatoms. The second-order valence-corrected chi connectivity index (χ2v) is 14.4. The first-order chi connectivity index (χ1) is 24.7. The molecule has 0 spiro atoms. The van der Waals surface area contributed by atoms with Crippen LogP contribution in [-0.2, 0) is 41.7 Å². The SMILES string of the molecule is CCCC(NC(=O)C1C[C@H](OC(=O)N2CCc3ccccc3C2)CN1C(=O)[C@@H](NC(=O)[C@H](O)C(C)C)C(C)C)C(=O)C(=O)N[C@@H](C)c1ccccc1. The van der Waals surface area contributed by atoms with Gasteiger partial charge in [0.2, 0.25) is 23.5 Å². The highest BCUT2D eigenvalue weighted by Gasteiger charge is 2.46. The zero-order chi connectivity index (χ0) is 38.1. The van der Waals surface area contributed by atoms with Gasteiger partial charge in [-0.05, 0) is 48.3 Å². The highest BCUT2D eigenvalue weighted by molar-refractivity contribution is 6.38. The predicted octanol–water partition coefficient (Wildman–Crippen LogP) is 3.04. The fraction of sp³-hybridized carbons (Fsp3) is 0.538. The normalized spacial score (nSPS) is 19.2. The van der Waals surface area contributed by atoms with Gasteiger partial charge in [-0.25, -0.2) is 4.79 Å². The third kappa shape index (κ3) is 9.96. The summed E-state index contributed by atoms with van der Waals surface area (Å²) in [5.74, 6) is -4.52. The Labute approximate surface area is 305 Å². The Morgan fingerprint density at radius 3 is 2.15 bits per heavy atom. The predicted molar refractivity (Wildman–Crippen MR) is 193 cm³/mol. The maximum atomic E-state index is 14.2. The first-order valence-electron chi connectivity index (χ1n) is 18.2. The van der Waals surface area contributed by atoms with Crippen LogP contribution in [0, 0.1) is 11.8 Å².